The number of aromatic hydroxyl groups is 1. The Kier molecular flexibility index (Phi) is 10.9. The van der Waals surface area contributed by atoms with Crippen LogP contribution in [0.15, 0.2) is 36.4 Å². The van der Waals surface area contributed by atoms with Crippen LogP contribution in [0.3, 0.4) is 0 Å². The summed E-state index contributed by atoms with van der Waals surface area (Å²) in [6, 6.07) is 10.9. The molecule has 0 aliphatic carbocycles. The highest BCUT2D eigenvalue weighted by Gasteiger charge is 2.40. The topological polar surface area (TPSA) is 102 Å². The Morgan fingerprint density at radius 2 is 1.50 bits per heavy atom. The van der Waals surface area contributed by atoms with E-state index >= 15 is 0 Å². The van der Waals surface area contributed by atoms with Gasteiger partial charge in [0.2, 0.25) is 0 Å². The second kappa shape index (κ2) is 13.8. The first-order valence-corrected chi connectivity index (χ1v) is 16.7. The molecule has 230 valence electrons. The van der Waals surface area contributed by atoms with E-state index < -0.39 is 20.4 Å². The molecule has 1 N–H and O–H groups in total. The highest BCUT2D eigenvalue weighted by atomic mass is 28.4. The summed E-state index contributed by atoms with van der Waals surface area (Å²) < 4.78 is 40.3. The molecule has 3 aromatic rings. The van der Waals surface area contributed by atoms with Crippen LogP contribution in [-0.2, 0) is 25.1 Å². The van der Waals surface area contributed by atoms with Gasteiger partial charge in [0, 0.05) is 33.1 Å². The molecule has 0 bridgehead atoms. The summed E-state index contributed by atoms with van der Waals surface area (Å²) in [5.74, 6) is 1.37. The van der Waals surface area contributed by atoms with E-state index in [0.717, 1.165) is 11.1 Å². The Hall–Kier alpha value is -3.31. The largest absolute Gasteiger partial charge is 0.507 e. The number of phenols is 1. The molecule has 0 fully saturated rings. The quantitative estimate of drug-likeness (QED) is 0.0956. The van der Waals surface area contributed by atoms with Crippen molar-refractivity contribution in [2.45, 2.75) is 65.3 Å². The lowest BCUT2D eigenvalue weighted by Gasteiger charge is -2.39. The van der Waals surface area contributed by atoms with Gasteiger partial charge in [0.15, 0.2) is 21.9 Å². The predicted molar refractivity (Wildman–Crippen MR) is 164 cm³/mol. The Morgan fingerprint density at radius 3 is 2.02 bits per heavy atom. The van der Waals surface area contributed by atoms with E-state index in [1.165, 1.54) is 21.1 Å². The Bertz CT molecular complexity index is 1400. The lowest BCUT2D eigenvalue weighted by atomic mass is 9.95. The van der Waals surface area contributed by atoms with Crippen LogP contribution in [0, 0.1) is 6.92 Å². The van der Waals surface area contributed by atoms with Gasteiger partial charge >= 0.3 is 5.97 Å². The monoisotopic (exact) mass is 600 g/mol. The molecule has 3 rings (SSSR count). The molecule has 0 spiro atoms. The number of esters is 1. The average molecular weight is 601 g/mol. The van der Waals surface area contributed by atoms with Crippen molar-refractivity contribution in [3.63, 3.8) is 0 Å². The number of benzene rings is 3. The normalized spacial score (nSPS) is 12.7. The third-order valence-corrected chi connectivity index (χ3v) is 11.9. The first-order chi connectivity index (χ1) is 19.7. The molecule has 0 radical (unpaired) electrons. The number of fused-ring (bicyclic) bond motifs is 1. The molecule has 0 saturated carbocycles. The second-order valence-electron chi connectivity index (χ2n) is 11.7. The van der Waals surface area contributed by atoms with E-state index in [4.69, 9.17) is 32.8 Å². The number of rotatable bonds is 13. The molecule has 10 heteroatoms. The Balaban J connectivity index is 2.30. The Morgan fingerprint density at radius 1 is 0.905 bits per heavy atom. The van der Waals surface area contributed by atoms with Gasteiger partial charge < -0.3 is 38.0 Å². The van der Waals surface area contributed by atoms with Gasteiger partial charge in [-0.2, -0.15) is 0 Å². The minimum Gasteiger partial charge on any atom is -0.507 e. The average Bonchev–Trinajstić information content (AvgIpc) is 2.89. The van der Waals surface area contributed by atoms with Crippen molar-refractivity contribution >= 4 is 25.1 Å². The number of carbonyl (C=O) groups is 1. The summed E-state index contributed by atoms with van der Waals surface area (Å²) in [5, 5.41) is 12.8. The van der Waals surface area contributed by atoms with Crippen LogP contribution in [-0.4, -0.2) is 54.3 Å². The van der Waals surface area contributed by atoms with Crippen LogP contribution in [0.4, 0.5) is 0 Å². The molecule has 1 atom stereocenters. The van der Waals surface area contributed by atoms with E-state index in [-0.39, 0.29) is 24.4 Å². The maximum Gasteiger partial charge on any atom is 0.308 e. The predicted octanol–water partition coefficient (Wildman–Crippen LogP) is 7.06. The van der Waals surface area contributed by atoms with Crippen molar-refractivity contribution in [3.8, 4) is 28.7 Å². The number of aryl methyl sites for hydroxylation is 1. The number of methoxy groups -OCH3 is 3. The standard InChI is InChI=1S/C32H44O9Si/c1-20-13-22(15-23(14-20)40-21(2)33)16-27(41-42(9,10)32(3,4)5)24-17-28(37-8)29-25(38-18-35-6)11-12-26(39-19-36-7)30(29)31(24)34/h11-15,17,27,34H,16,18-19H2,1-10H3/t27-/m1/s1. The molecule has 0 aliphatic rings. The van der Waals surface area contributed by atoms with E-state index in [1.807, 2.05) is 25.1 Å². The molecule has 0 aliphatic heterocycles. The molecular formula is C32H44O9Si. The first kappa shape index (κ1) is 33.2. The number of carbonyl (C=O) groups excluding carboxylic acids is 1. The molecule has 0 unspecified atom stereocenters. The van der Waals surface area contributed by atoms with E-state index in [0.29, 0.717) is 45.8 Å². The van der Waals surface area contributed by atoms with Crippen molar-refractivity contribution < 1.29 is 42.7 Å². The molecule has 0 amide bonds. The van der Waals surface area contributed by atoms with E-state index in [9.17, 15) is 9.90 Å². The van der Waals surface area contributed by atoms with E-state index in [1.54, 1.807) is 25.3 Å². The smallest absolute Gasteiger partial charge is 0.308 e. The molecule has 9 nitrogen and oxygen atoms in total. The summed E-state index contributed by atoms with van der Waals surface area (Å²) in [4.78, 5) is 11.7. The zero-order valence-corrected chi connectivity index (χ0v) is 27.4. The van der Waals surface area contributed by atoms with Crippen LogP contribution in [0.5, 0.6) is 28.7 Å². The number of hydrogen-bond donors (Lipinski definition) is 1. The maximum atomic E-state index is 12.0. The summed E-state index contributed by atoms with van der Waals surface area (Å²) in [7, 11) is 2.26. The molecule has 3 aromatic carbocycles. The molecule has 0 aromatic heterocycles. The molecule has 0 saturated heterocycles. The van der Waals surface area contributed by atoms with Crippen LogP contribution in [0.2, 0.25) is 18.1 Å². The highest BCUT2D eigenvalue weighted by Crippen LogP contribution is 2.50. The minimum absolute atomic E-state index is 0.00811. The SMILES string of the molecule is COCOc1ccc(OCOC)c2c(O)c([C@@H](Cc3cc(C)cc(OC(C)=O)c3)O[Si](C)(C)C(C)(C)C)cc(OC)c12. The van der Waals surface area contributed by atoms with Gasteiger partial charge in [0.1, 0.15) is 28.7 Å². The van der Waals surface area contributed by atoms with Gasteiger partial charge in [-0.15, -0.1) is 0 Å². The summed E-state index contributed by atoms with van der Waals surface area (Å²) >= 11 is 0. The van der Waals surface area contributed by atoms with Crippen molar-refractivity contribution in [1.29, 1.82) is 0 Å². The maximum absolute atomic E-state index is 12.0. The number of phenolic OH excluding ortho intramolecular Hbond substituents is 1. The Labute approximate surface area is 249 Å². The van der Waals surface area contributed by atoms with Crippen LogP contribution < -0.4 is 18.9 Å². The van der Waals surface area contributed by atoms with Gasteiger partial charge in [-0.05, 0) is 66.5 Å². The fourth-order valence-electron chi connectivity index (χ4n) is 4.49. The molecular weight excluding hydrogens is 556 g/mol. The lowest BCUT2D eigenvalue weighted by molar-refractivity contribution is -0.131. The van der Waals surface area contributed by atoms with Crippen LogP contribution >= 0.6 is 0 Å². The fourth-order valence-corrected chi connectivity index (χ4v) is 5.77. The highest BCUT2D eigenvalue weighted by molar-refractivity contribution is 6.74. The summed E-state index contributed by atoms with van der Waals surface area (Å²) in [6.07, 6.45) is -0.172. The summed E-state index contributed by atoms with van der Waals surface area (Å²) in [6.45, 7) is 14.1. The third kappa shape index (κ3) is 7.74. The van der Waals surface area contributed by atoms with E-state index in [2.05, 4.69) is 33.9 Å². The molecule has 42 heavy (non-hydrogen) atoms. The number of ether oxygens (including phenoxy) is 6. The lowest BCUT2D eigenvalue weighted by Crippen LogP contribution is -2.42. The van der Waals surface area contributed by atoms with Crippen molar-refractivity contribution in [1.82, 2.24) is 0 Å². The second-order valence-corrected chi connectivity index (χ2v) is 16.5. The minimum atomic E-state index is -2.37. The van der Waals surface area contributed by atoms with Gasteiger partial charge in [0.05, 0.1) is 24.0 Å². The van der Waals surface area contributed by atoms with Crippen molar-refractivity contribution in [2.24, 2.45) is 0 Å². The van der Waals surface area contributed by atoms with Gasteiger partial charge in [-0.1, -0.05) is 26.8 Å². The van der Waals surface area contributed by atoms with Crippen LogP contribution in [0.1, 0.15) is 50.5 Å². The number of hydrogen-bond acceptors (Lipinski definition) is 9. The van der Waals surface area contributed by atoms with Crippen molar-refractivity contribution in [2.75, 3.05) is 34.9 Å². The molecule has 0 heterocycles. The van der Waals surface area contributed by atoms with Crippen molar-refractivity contribution in [3.05, 3.63) is 53.1 Å². The van der Waals surface area contributed by atoms with Gasteiger partial charge in [-0.25, -0.2) is 0 Å². The van der Waals surface area contributed by atoms with Gasteiger partial charge in [0.25, 0.3) is 0 Å². The third-order valence-electron chi connectivity index (χ3n) is 7.44. The zero-order chi connectivity index (χ0) is 31.2. The summed E-state index contributed by atoms with van der Waals surface area (Å²) in [5.41, 5.74) is 2.36. The first-order valence-electron chi connectivity index (χ1n) is 13.8. The van der Waals surface area contributed by atoms with Gasteiger partial charge in [-0.3, -0.25) is 4.79 Å². The fraction of sp³-hybridized carbons (Fsp3) is 0.469. The zero-order valence-electron chi connectivity index (χ0n) is 26.4. The van der Waals surface area contributed by atoms with Crippen LogP contribution in [0.25, 0.3) is 10.8 Å².